The largest absolute Gasteiger partial charge is 0.396 e. The van der Waals surface area contributed by atoms with Crippen LogP contribution >= 0.6 is 27.7 Å². The molecular formula is C12H17BrN2O2S. The molecule has 1 aromatic rings. The van der Waals surface area contributed by atoms with E-state index in [9.17, 15) is 4.79 Å². The normalized spacial score (nSPS) is 10.4. The molecule has 100 valence electrons. The number of thioether (sulfide) groups is 1. The number of rotatable bonds is 7. The van der Waals surface area contributed by atoms with Crippen LogP contribution in [0.2, 0.25) is 0 Å². The lowest BCUT2D eigenvalue weighted by Gasteiger charge is -2.06. The molecule has 18 heavy (non-hydrogen) atoms. The molecule has 0 aliphatic rings. The van der Waals surface area contributed by atoms with Crippen LogP contribution in [0.15, 0.2) is 16.7 Å². The maximum Gasteiger partial charge on any atom is 0.254 e. The Morgan fingerprint density at radius 2 is 2.28 bits per heavy atom. The van der Waals surface area contributed by atoms with Crippen molar-refractivity contribution >= 4 is 33.6 Å². The lowest BCUT2D eigenvalue weighted by atomic mass is 10.2. The zero-order valence-corrected chi connectivity index (χ0v) is 12.7. The van der Waals surface area contributed by atoms with Gasteiger partial charge in [0.15, 0.2) is 0 Å². The molecule has 1 rings (SSSR count). The number of nitrogens with zero attached hydrogens (tertiary/aromatic N) is 1. The number of halogens is 1. The molecule has 0 spiro atoms. The van der Waals surface area contributed by atoms with Gasteiger partial charge in [0.1, 0.15) is 4.60 Å². The number of carbonyl (C=O) groups is 1. The van der Waals surface area contributed by atoms with Gasteiger partial charge in [-0.15, -0.1) is 0 Å². The number of hydrogen-bond donors (Lipinski definition) is 2. The van der Waals surface area contributed by atoms with Crippen LogP contribution in [0.25, 0.3) is 0 Å². The summed E-state index contributed by atoms with van der Waals surface area (Å²) in [6.45, 7) is 2.72. The molecule has 0 aliphatic heterocycles. The molecule has 2 N–H and O–H groups in total. The maximum atomic E-state index is 11.8. The second-order valence-electron chi connectivity index (χ2n) is 3.74. The van der Waals surface area contributed by atoms with Gasteiger partial charge in [-0.25, -0.2) is 4.98 Å². The van der Waals surface area contributed by atoms with Crippen molar-refractivity contribution < 1.29 is 9.90 Å². The minimum Gasteiger partial charge on any atom is -0.396 e. The number of aliphatic hydroxyl groups excluding tert-OH is 1. The predicted octanol–water partition coefficient (Wildman–Crippen LogP) is 2.00. The Balaban J connectivity index is 2.32. The van der Waals surface area contributed by atoms with Gasteiger partial charge in [-0.3, -0.25) is 4.79 Å². The molecule has 0 saturated carbocycles. The van der Waals surface area contributed by atoms with Crippen molar-refractivity contribution in [3.8, 4) is 0 Å². The molecule has 6 heteroatoms. The van der Waals surface area contributed by atoms with E-state index in [1.807, 2.05) is 13.0 Å². The quantitative estimate of drug-likeness (QED) is 0.592. The van der Waals surface area contributed by atoms with Gasteiger partial charge >= 0.3 is 0 Å². The van der Waals surface area contributed by atoms with E-state index in [1.54, 1.807) is 17.8 Å². The summed E-state index contributed by atoms with van der Waals surface area (Å²) in [5.41, 5.74) is 1.43. The van der Waals surface area contributed by atoms with E-state index in [1.165, 1.54) is 0 Å². The highest BCUT2D eigenvalue weighted by Gasteiger charge is 2.10. The second-order valence-corrected chi connectivity index (χ2v) is 5.71. The first-order chi connectivity index (χ1) is 8.65. The minimum atomic E-state index is -0.114. The van der Waals surface area contributed by atoms with E-state index in [-0.39, 0.29) is 12.5 Å². The summed E-state index contributed by atoms with van der Waals surface area (Å²) in [5.74, 6) is 1.65. The van der Waals surface area contributed by atoms with Crippen LogP contribution in [0.5, 0.6) is 0 Å². The van der Waals surface area contributed by atoms with Crippen molar-refractivity contribution in [1.82, 2.24) is 10.3 Å². The monoisotopic (exact) mass is 332 g/mol. The summed E-state index contributed by atoms with van der Waals surface area (Å²) in [6.07, 6.45) is 0.798. The fraction of sp³-hybridized carbons (Fsp3) is 0.500. The highest BCUT2D eigenvalue weighted by atomic mass is 79.9. The number of amides is 1. The van der Waals surface area contributed by atoms with Crippen LogP contribution in [0, 0.1) is 6.92 Å². The summed E-state index contributed by atoms with van der Waals surface area (Å²) in [4.78, 5) is 16.0. The third-order valence-corrected chi connectivity index (χ3v) is 3.89. The number of aryl methyl sites for hydroxylation is 1. The molecule has 0 aromatic carbocycles. The van der Waals surface area contributed by atoms with E-state index in [4.69, 9.17) is 5.11 Å². The van der Waals surface area contributed by atoms with Gasteiger partial charge in [-0.1, -0.05) is 0 Å². The molecule has 0 aliphatic carbocycles. The number of pyridine rings is 1. The van der Waals surface area contributed by atoms with Crippen LogP contribution in [0.1, 0.15) is 22.5 Å². The van der Waals surface area contributed by atoms with Crippen molar-refractivity contribution in [2.45, 2.75) is 13.3 Å². The Hall–Kier alpha value is -0.590. The van der Waals surface area contributed by atoms with Gasteiger partial charge in [0, 0.05) is 24.6 Å². The van der Waals surface area contributed by atoms with Crippen LogP contribution in [0.3, 0.4) is 0 Å². The number of hydrogen-bond acceptors (Lipinski definition) is 4. The van der Waals surface area contributed by atoms with Gasteiger partial charge in [0.2, 0.25) is 0 Å². The lowest BCUT2D eigenvalue weighted by molar-refractivity contribution is 0.0955. The predicted molar refractivity (Wildman–Crippen MR) is 78.0 cm³/mol. The average Bonchev–Trinajstić information content (AvgIpc) is 2.33. The number of carbonyl (C=O) groups excluding carboxylic acids is 1. The van der Waals surface area contributed by atoms with E-state index in [0.29, 0.717) is 16.7 Å². The molecule has 0 bridgehead atoms. The fourth-order valence-electron chi connectivity index (χ4n) is 1.30. The third kappa shape index (κ3) is 5.37. The standard InChI is InChI=1S/C12H17BrN2O2S/c1-9-3-4-10(11(13)15-9)12(17)14-5-8-18-7-2-6-16/h3-4,16H,2,5-8H2,1H3,(H,14,17). The summed E-state index contributed by atoms with van der Waals surface area (Å²) in [6, 6.07) is 3.58. The Kier molecular flexibility index (Phi) is 7.31. The van der Waals surface area contributed by atoms with Crippen molar-refractivity contribution in [3.05, 3.63) is 28.0 Å². The second kappa shape index (κ2) is 8.50. The number of nitrogens with one attached hydrogen (secondary N) is 1. The summed E-state index contributed by atoms with van der Waals surface area (Å²) in [7, 11) is 0. The number of aliphatic hydroxyl groups is 1. The third-order valence-electron chi connectivity index (χ3n) is 2.21. The first kappa shape index (κ1) is 15.5. The molecule has 1 heterocycles. The first-order valence-electron chi connectivity index (χ1n) is 5.75. The Morgan fingerprint density at radius 1 is 1.50 bits per heavy atom. The van der Waals surface area contributed by atoms with Crippen LogP contribution in [-0.4, -0.2) is 40.7 Å². The Bertz CT molecular complexity index is 402. The molecule has 0 unspecified atom stereocenters. The fourth-order valence-corrected chi connectivity index (χ4v) is 2.67. The molecular weight excluding hydrogens is 316 g/mol. The summed E-state index contributed by atoms with van der Waals surface area (Å²) >= 11 is 5.01. The van der Waals surface area contributed by atoms with Gasteiger partial charge in [-0.05, 0) is 47.2 Å². The number of aromatic nitrogens is 1. The topological polar surface area (TPSA) is 62.2 Å². The van der Waals surface area contributed by atoms with Gasteiger partial charge < -0.3 is 10.4 Å². The lowest BCUT2D eigenvalue weighted by Crippen LogP contribution is -2.26. The SMILES string of the molecule is Cc1ccc(C(=O)NCCSCCCO)c(Br)n1. The zero-order valence-electron chi connectivity index (χ0n) is 10.3. The van der Waals surface area contributed by atoms with Crippen LogP contribution < -0.4 is 5.32 Å². The average molecular weight is 333 g/mol. The zero-order chi connectivity index (χ0) is 13.4. The smallest absolute Gasteiger partial charge is 0.254 e. The van der Waals surface area contributed by atoms with E-state index < -0.39 is 0 Å². The maximum absolute atomic E-state index is 11.8. The molecule has 4 nitrogen and oxygen atoms in total. The van der Waals surface area contributed by atoms with E-state index in [2.05, 4.69) is 26.2 Å². The van der Waals surface area contributed by atoms with Gasteiger partial charge in [0.05, 0.1) is 5.56 Å². The van der Waals surface area contributed by atoms with Gasteiger partial charge in [0.25, 0.3) is 5.91 Å². The molecule has 0 radical (unpaired) electrons. The highest BCUT2D eigenvalue weighted by molar-refractivity contribution is 9.10. The summed E-state index contributed by atoms with van der Waals surface area (Å²) in [5, 5.41) is 11.5. The molecule has 0 saturated heterocycles. The molecule has 0 fully saturated rings. The van der Waals surface area contributed by atoms with E-state index in [0.717, 1.165) is 23.6 Å². The molecule has 0 atom stereocenters. The Morgan fingerprint density at radius 3 is 2.94 bits per heavy atom. The van der Waals surface area contributed by atoms with Gasteiger partial charge in [-0.2, -0.15) is 11.8 Å². The first-order valence-corrected chi connectivity index (χ1v) is 7.70. The van der Waals surface area contributed by atoms with Crippen molar-refractivity contribution in [1.29, 1.82) is 0 Å². The van der Waals surface area contributed by atoms with Crippen molar-refractivity contribution in [2.75, 3.05) is 24.7 Å². The minimum absolute atomic E-state index is 0.114. The van der Waals surface area contributed by atoms with Crippen molar-refractivity contribution in [2.24, 2.45) is 0 Å². The molecule has 1 amide bonds. The van der Waals surface area contributed by atoms with E-state index >= 15 is 0 Å². The van der Waals surface area contributed by atoms with Crippen molar-refractivity contribution in [3.63, 3.8) is 0 Å². The van der Waals surface area contributed by atoms with Crippen LogP contribution in [-0.2, 0) is 0 Å². The summed E-state index contributed by atoms with van der Waals surface area (Å²) < 4.78 is 0.577. The molecule has 1 aromatic heterocycles. The highest BCUT2D eigenvalue weighted by Crippen LogP contribution is 2.14. The van der Waals surface area contributed by atoms with Crippen LogP contribution in [0.4, 0.5) is 0 Å². The Labute approximate surface area is 120 Å².